The minimum Gasteiger partial charge on any atom is -0.332 e. The zero-order valence-electron chi connectivity index (χ0n) is 9.19. The molecule has 0 aliphatic carbocycles. The van der Waals surface area contributed by atoms with Crippen LogP contribution in [0.15, 0.2) is 16.9 Å². The number of anilines is 1. The fraction of sp³-hybridized carbons (Fsp3) is 0.286. The van der Waals surface area contributed by atoms with E-state index in [2.05, 4.69) is 4.98 Å². The molecule has 1 rings (SSSR count). The van der Waals surface area contributed by atoms with Crippen molar-refractivity contribution in [2.45, 2.75) is 6.92 Å². The lowest BCUT2D eigenvalue weighted by atomic mass is 10.4. The van der Waals surface area contributed by atoms with Crippen LogP contribution in [0.4, 0.5) is 5.00 Å². The molecule has 0 atom stereocenters. The van der Waals surface area contributed by atoms with Crippen molar-refractivity contribution in [2.75, 3.05) is 11.9 Å². The van der Waals surface area contributed by atoms with Gasteiger partial charge in [-0.05, 0) is 6.92 Å². The maximum absolute atomic E-state index is 10.9. The monoisotopic (exact) mass is 313 g/mol. The molecular formula is C7H8ClN3O5S2. The SMILES string of the molecule is CC(=C([N+](=O)[O-])S(=O)(=O)O)N(C)c1cnc(Cl)s1. The zero-order valence-corrected chi connectivity index (χ0v) is 11.6. The summed E-state index contributed by atoms with van der Waals surface area (Å²) in [5.74, 6) is 0. The Morgan fingerprint density at radius 1 is 1.67 bits per heavy atom. The van der Waals surface area contributed by atoms with Gasteiger partial charge in [0.15, 0.2) is 4.47 Å². The van der Waals surface area contributed by atoms with Crippen LogP contribution in [0.1, 0.15) is 6.92 Å². The van der Waals surface area contributed by atoms with Crippen molar-refractivity contribution in [3.8, 4) is 0 Å². The lowest BCUT2D eigenvalue weighted by molar-refractivity contribution is -0.413. The summed E-state index contributed by atoms with van der Waals surface area (Å²) in [4.78, 5) is 14.4. The van der Waals surface area contributed by atoms with Gasteiger partial charge in [-0.1, -0.05) is 22.9 Å². The van der Waals surface area contributed by atoms with Crippen LogP contribution in [0.3, 0.4) is 0 Å². The average Bonchev–Trinajstić information content (AvgIpc) is 2.60. The van der Waals surface area contributed by atoms with Crippen LogP contribution in [0.25, 0.3) is 0 Å². The van der Waals surface area contributed by atoms with E-state index in [1.807, 2.05) is 0 Å². The van der Waals surface area contributed by atoms with E-state index in [0.29, 0.717) is 5.00 Å². The molecule has 0 aromatic carbocycles. The van der Waals surface area contributed by atoms with Gasteiger partial charge >= 0.3 is 15.1 Å². The fourth-order valence-corrected chi connectivity index (χ4v) is 2.76. The van der Waals surface area contributed by atoms with Crippen LogP contribution in [0, 0.1) is 10.1 Å². The highest BCUT2D eigenvalue weighted by atomic mass is 35.5. The van der Waals surface area contributed by atoms with Gasteiger partial charge in [0, 0.05) is 7.05 Å². The molecule has 100 valence electrons. The third-order valence-corrected chi connectivity index (χ3v) is 4.14. The summed E-state index contributed by atoms with van der Waals surface area (Å²) in [7, 11) is -3.52. The molecule has 1 heterocycles. The van der Waals surface area contributed by atoms with Crippen LogP contribution in [-0.4, -0.2) is 29.9 Å². The van der Waals surface area contributed by atoms with Gasteiger partial charge in [0.1, 0.15) is 10.7 Å². The molecule has 11 heteroatoms. The number of hydrogen-bond acceptors (Lipinski definition) is 7. The molecule has 0 spiro atoms. The Kier molecular flexibility index (Phi) is 4.27. The molecule has 1 aromatic rings. The van der Waals surface area contributed by atoms with Crippen molar-refractivity contribution in [1.29, 1.82) is 0 Å². The number of halogens is 1. The maximum atomic E-state index is 10.9. The van der Waals surface area contributed by atoms with Gasteiger partial charge in [-0.25, -0.2) is 4.98 Å². The maximum Gasteiger partial charge on any atom is 0.404 e. The summed E-state index contributed by atoms with van der Waals surface area (Å²) >= 11 is 6.62. The molecule has 0 saturated heterocycles. The molecule has 8 nitrogen and oxygen atoms in total. The topological polar surface area (TPSA) is 114 Å². The van der Waals surface area contributed by atoms with Crippen LogP contribution in [0.5, 0.6) is 0 Å². The first kappa shape index (κ1) is 14.8. The number of nitrogens with zero attached hydrogens (tertiary/aromatic N) is 3. The highest BCUT2D eigenvalue weighted by molar-refractivity contribution is 7.89. The lowest BCUT2D eigenvalue weighted by Gasteiger charge is -2.15. The molecule has 1 N–H and O–H groups in total. The standard InChI is InChI=1S/C7H8ClN3O5S2/c1-4(6(11(12)13)18(14,15)16)10(2)5-3-9-7(8)17-5/h3H,1-2H3,(H,14,15,16). The molecule has 0 bridgehead atoms. The Balaban J connectivity index is 3.33. The summed E-state index contributed by atoms with van der Waals surface area (Å²) in [6.07, 6.45) is 1.33. The number of aromatic nitrogens is 1. The number of thiazole rings is 1. The average molecular weight is 314 g/mol. The van der Waals surface area contributed by atoms with Crippen molar-refractivity contribution in [3.63, 3.8) is 0 Å². The van der Waals surface area contributed by atoms with E-state index >= 15 is 0 Å². The van der Waals surface area contributed by atoms with Gasteiger partial charge in [-0.15, -0.1) is 0 Å². The second-order valence-electron chi connectivity index (χ2n) is 3.13. The molecule has 18 heavy (non-hydrogen) atoms. The summed E-state index contributed by atoms with van der Waals surface area (Å²) in [5.41, 5.74) is -0.247. The third kappa shape index (κ3) is 3.16. The second-order valence-corrected chi connectivity index (χ2v) is 6.06. The molecule has 1 aromatic heterocycles. The Labute approximate surface area is 111 Å². The van der Waals surface area contributed by atoms with Crippen LogP contribution < -0.4 is 4.90 Å². The molecule has 0 saturated carbocycles. The van der Waals surface area contributed by atoms with E-state index in [-0.39, 0.29) is 10.2 Å². The highest BCUT2D eigenvalue weighted by Crippen LogP contribution is 2.29. The molecule has 0 aliphatic heterocycles. The molecular weight excluding hydrogens is 306 g/mol. The van der Waals surface area contributed by atoms with Gasteiger partial charge in [-0.2, -0.15) is 8.42 Å². The van der Waals surface area contributed by atoms with Gasteiger partial charge in [-0.3, -0.25) is 14.7 Å². The minimum atomic E-state index is -4.92. The fourth-order valence-electron chi connectivity index (χ4n) is 1.12. The summed E-state index contributed by atoms with van der Waals surface area (Å²) < 4.78 is 30.9. The first-order valence-electron chi connectivity index (χ1n) is 4.32. The predicted molar refractivity (Wildman–Crippen MR) is 66.8 cm³/mol. The van der Waals surface area contributed by atoms with E-state index in [1.54, 1.807) is 0 Å². The molecule has 0 amide bonds. The second kappa shape index (κ2) is 5.18. The largest absolute Gasteiger partial charge is 0.404 e. The Morgan fingerprint density at radius 3 is 2.56 bits per heavy atom. The number of rotatable bonds is 4. The van der Waals surface area contributed by atoms with Crippen molar-refractivity contribution < 1.29 is 17.9 Å². The van der Waals surface area contributed by atoms with E-state index in [9.17, 15) is 18.5 Å². The van der Waals surface area contributed by atoms with Gasteiger partial charge in [0.2, 0.25) is 0 Å². The third-order valence-electron chi connectivity index (χ3n) is 2.02. The van der Waals surface area contributed by atoms with E-state index in [4.69, 9.17) is 16.2 Å². The van der Waals surface area contributed by atoms with Crippen molar-refractivity contribution in [1.82, 2.24) is 4.98 Å². The first-order chi connectivity index (χ1) is 8.14. The smallest absolute Gasteiger partial charge is 0.332 e. The van der Waals surface area contributed by atoms with Crippen molar-refractivity contribution in [3.05, 3.63) is 31.5 Å². The zero-order chi connectivity index (χ0) is 14.1. The van der Waals surface area contributed by atoms with Crippen LogP contribution >= 0.6 is 22.9 Å². The van der Waals surface area contributed by atoms with Crippen molar-refractivity contribution >= 4 is 38.1 Å². The number of nitro groups is 1. The highest BCUT2D eigenvalue weighted by Gasteiger charge is 2.32. The van der Waals surface area contributed by atoms with Gasteiger partial charge in [0.25, 0.3) is 0 Å². The molecule has 0 unspecified atom stereocenters. The van der Waals surface area contributed by atoms with E-state index in [0.717, 1.165) is 11.3 Å². The lowest BCUT2D eigenvalue weighted by Crippen LogP contribution is -2.22. The normalized spacial score (nSPS) is 13.1. The molecule has 0 aliphatic rings. The van der Waals surface area contributed by atoms with E-state index < -0.39 is 20.1 Å². The van der Waals surface area contributed by atoms with Crippen molar-refractivity contribution in [2.24, 2.45) is 0 Å². The Hall–Kier alpha value is -1.23. The van der Waals surface area contributed by atoms with Crippen LogP contribution in [0.2, 0.25) is 4.47 Å². The van der Waals surface area contributed by atoms with E-state index in [1.165, 1.54) is 25.1 Å². The summed E-state index contributed by atoms with van der Waals surface area (Å²) in [6.45, 7) is 1.19. The number of hydrogen-bond donors (Lipinski definition) is 1. The minimum absolute atomic E-state index is 0.208. The van der Waals surface area contributed by atoms with Gasteiger partial charge in [0.05, 0.1) is 11.1 Å². The predicted octanol–water partition coefficient (Wildman–Crippen LogP) is 1.59. The molecule has 0 fully saturated rings. The van der Waals surface area contributed by atoms with Gasteiger partial charge < -0.3 is 4.90 Å². The summed E-state index contributed by atoms with van der Waals surface area (Å²) in [5, 5.41) is 9.79. The molecule has 0 radical (unpaired) electrons. The first-order valence-corrected chi connectivity index (χ1v) is 6.96. The Bertz CT molecular complexity index is 608. The Morgan fingerprint density at radius 2 is 2.22 bits per heavy atom. The van der Waals surface area contributed by atoms with Crippen LogP contribution in [-0.2, 0) is 10.1 Å². The quantitative estimate of drug-likeness (QED) is 0.510. The number of allylic oxidation sites excluding steroid dienone is 1. The summed E-state index contributed by atoms with van der Waals surface area (Å²) in [6, 6.07) is 0.